The molecule has 3 nitrogen and oxygen atoms in total. The van der Waals surface area contributed by atoms with E-state index in [1.54, 1.807) is 0 Å². The normalized spacial score (nSPS) is 10.4. The van der Waals surface area contributed by atoms with E-state index in [0.29, 0.717) is 0 Å². The summed E-state index contributed by atoms with van der Waals surface area (Å²) in [5.74, 6) is 1.26. The lowest BCUT2D eigenvalue weighted by Crippen LogP contribution is -2.25. The van der Waals surface area contributed by atoms with Crippen molar-refractivity contribution in [3.8, 4) is 0 Å². The maximum Gasteiger partial charge on any atom is 0.253 e. The van der Waals surface area contributed by atoms with Gasteiger partial charge in [-0.1, -0.05) is 18.9 Å². The smallest absolute Gasteiger partial charge is 0.253 e. The number of anilines is 1. The van der Waals surface area contributed by atoms with Crippen molar-refractivity contribution in [3.05, 3.63) is 29.3 Å². The molecule has 2 N–H and O–H groups in total. The van der Waals surface area contributed by atoms with Crippen LogP contribution in [-0.4, -0.2) is 31.0 Å². The number of carbonyl (C=O) groups is 1. The minimum atomic E-state index is 0.0232. The molecule has 1 aromatic rings. The number of carbonyl (C=O) groups excluding carboxylic acids is 1. The zero-order chi connectivity index (χ0) is 15.5. The number of hydrogen-bond acceptors (Lipinski definition) is 3. The molecule has 0 radical (unpaired) electrons. The molecule has 4 heteroatoms. The van der Waals surface area contributed by atoms with Crippen LogP contribution < -0.4 is 10.6 Å². The summed E-state index contributed by atoms with van der Waals surface area (Å²) in [7, 11) is 0. The second kappa shape index (κ2) is 10.6. The predicted octanol–water partition coefficient (Wildman–Crippen LogP) is 4.08. The van der Waals surface area contributed by atoms with Gasteiger partial charge in [-0.2, -0.15) is 11.8 Å². The third-order valence-electron chi connectivity index (χ3n) is 3.35. The maximum atomic E-state index is 12.2. The summed E-state index contributed by atoms with van der Waals surface area (Å²) in [6.45, 7) is 5.66. The fraction of sp³-hybridized carbons (Fsp3) is 0.588. The molecule has 0 saturated carbocycles. The van der Waals surface area contributed by atoms with Gasteiger partial charge in [-0.25, -0.2) is 0 Å². The topological polar surface area (TPSA) is 41.1 Å². The summed E-state index contributed by atoms with van der Waals surface area (Å²) < 4.78 is 0. The van der Waals surface area contributed by atoms with E-state index in [9.17, 15) is 4.79 Å². The Balaban J connectivity index is 2.38. The Morgan fingerprint density at radius 3 is 2.67 bits per heavy atom. The number of benzene rings is 1. The van der Waals surface area contributed by atoms with Crippen LogP contribution >= 0.6 is 11.8 Å². The van der Waals surface area contributed by atoms with Crippen LogP contribution in [0.1, 0.15) is 48.5 Å². The highest BCUT2D eigenvalue weighted by molar-refractivity contribution is 7.98. The lowest BCUT2D eigenvalue weighted by atomic mass is 10.1. The molecule has 1 amide bonds. The first kappa shape index (κ1) is 17.9. The van der Waals surface area contributed by atoms with Crippen molar-refractivity contribution in [1.29, 1.82) is 0 Å². The minimum absolute atomic E-state index is 0.0232. The standard InChI is InChI=1S/C17H28N2OS/c1-4-18-16-13-14(2)9-10-15(16)17(20)19-11-7-5-6-8-12-21-3/h9-10,13,18H,4-8,11-12H2,1-3H3,(H,19,20). The number of hydrogen-bond donors (Lipinski definition) is 2. The van der Waals surface area contributed by atoms with Crippen LogP contribution in [0.25, 0.3) is 0 Å². The van der Waals surface area contributed by atoms with Gasteiger partial charge in [-0.3, -0.25) is 4.79 Å². The van der Waals surface area contributed by atoms with Crippen molar-refractivity contribution in [1.82, 2.24) is 5.32 Å². The van der Waals surface area contributed by atoms with E-state index in [0.717, 1.165) is 36.3 Å². The second-order valence-electron chi connectivity index (χ2n) is 5.24. The summed E-state index contributed by atoms with van der Waals surface area (Å²) >= 11 is 1.90. The highest BCUT2D eigenvalue weighted by atomic mass is 32.2. The highest BCUT2D eigenvalue weighted by Gasteiger charge is 2.10. The van der Waals surface area contributed by atoms with Crippen LogP contribution in [0.3, 0.4) is 0 Å². The first-order valence-corrected chi connectivity index (χ1v) is 9.20. The lowest BCUT2D eigenvalue weighted by Gasteiger charge is -2.12. The Hall–Kier alpha value is -1.16. The van der Waals surface area contributed by atoms with E-state index in [1.807, 2.05) is 43.8 Å². The Morgan fingerprint density at radius 2 is 1.95 bits per heavy atom. The van der Waals surface area contributed by atoms with Gasteiger partial charge in [0.05, 0.1) is 5.56 Å². The monoisotopic (exact) mass is 308 g/mol. The molecule has 21 heavy (non-hydrogen) atoms. The van der Waals surface area contributed by atoms with E-state index in [1.165, 1.54) is 25.0 Å². The maximum absolute atomic E-state index is 12.2. The molecule has 1 aromatic carbocycles. The number of amides is 1. The van der Waals surface area contributed by atoms with Crippen molar-refractivity contribution in [2.75, 3.05) is 30.4 Å². The van der Waals surface area contributed by atoms with Gasteiger partial charge in [0.1, 0.15) is 0 Å². The number of nitrogens with one attached hydrogen (secondary N) is 2. The first-order chi connectivity index (χ1) is 10.2. The van der Waals surface area contributed by atoms with Crippen LogP contribution in [0.5, 0.6) is 0 Å². The fourth-order valence-electron chi connectivity index (χ4n) is 2.21. The largest absolute Gasteiger partial charge is 0.385 e. The van der Waals surface area contributed by atoms with Crippen LogP contribution in [0.2, 0.25) is 0 Å². The molecule has 0 unspecified atom stereocenters. The van der Waals surface area contributed by atoms with Gasteiger partial charge < -0.3 is 10.6 Å². The molecular weight excluding hydrogens is 280 g/mol. The summed E-state index contributed by atoms with van der Waals surface area (Å²) in [6, 6.07) is 5.92. The van der Waals surface area contributed by atoms with Gasteiger partial charge in [-0.05, 0) is 56.4 Å². The Labute approximate surface area is 133 Å². The molecule has 0 saturated heterocycles. The Bertz CT molecular complexity index is 435. The van der Waals surface area contributed by atoms with E-state index in [-0.39, 0.29) is 5.91 Å². The summed E-state index contributed by atoms with van der Waals surface area (Å²) in [6.07, 6.45) is 6.92. The quantitative estimate of drug-likeness (QED) is 0.640. The van der Waals surface area contributed by atoms with E-state index in [4.69, 9.17) is 0 Å². The molecule has 0 bridgehead atoms. The third kappa shape index (κ3) is 6.89. The Morgan fingerprint density at radius 1 is 1.19 bits per heavy atom. The zero-order valence-electron chi connectivity index (χ0n) is 13.5. The second-order valence-corrected chi connectivity index (χ2v) is 6.23. The van der Waals surface area contributed by atoms with E-state index in [2.05, 4.69) is 16.9 Å². The van der Waals surface area contributed by atoms with Crippen LogP contribution in [0, 0.1) is 6.92 Å². The van der Waals surface area contributed by atoms with Crippen LogP contribution in [-0.2, 0) is 0 Å². The number of aryl methyl sites for hydroxylation is 1. The molecule has 0 fully saturated rings. The number of unbranched alkanes of at least 4 members (excludes halogenated alkanes) is 3. The number of thioether (sulfide) groups is 1. The van der Waals surface area contributed by atoms with Crippen molar-refractivity contribution in [2.45, 2.75) is 39.5 Å². The summed E-state index contributed by atoms with van der Waals surface area (Å²) in [5, 5.41) is 6.28. The molecule has 0 aromatic heterocycles. The van der Waals surface area contributed by atoms with E-state index < -0.39 is 0 Å². The number of rotatable bonds is 10. The van der Waals surface area contributed by atoms with Gasteiger partial charge in [0.15, 0.2) is 0 Å². The summed E-state index contributed by atoms with van der Waals surface area (Å²) in [5.41, 5.74) is 2.83. The van der Waals surface area contributed by atoms with Crippen LogP contribution in [0.4, 0.5) is 5.69 Å². The molecule has 0 aliphatic carbocycles. The zero-order valence-corrected chi connectivity index (χ0v) is 14.3. The molecule has 0 atom stereocenters. The predicted molar refractivity (Wildman–Crippen MR) is 94.5 cm³/mol. The highest BCUT2D eigenvalue weighted by Crippen LogP contribution is 2.17. The van der Waals surface area contributed by atoms with Gasteiger partial charge in [0.25, 0.3) is 5.91 Å². The van der Waals surface area contributed by atoms with E-state index >= 15 is 0 Å². The van der Waals surface area contributed by atoms with Crippen LogP contribution in [0.15, 0.2) is 18.2 Å². The van der Waals surface area contributed by atoms with Crippen molar-refractivity contribution in [2.24, 2.45) is 0 Å². The van der Waals surface area contributed by atoms with Gasteiger partial charge in [0.2, 0.25) is 0 Å². The van der Waals surface area contributed by atoms with Crippen molar-refractivity contribution in [3.63, 3.8) is 0 Å². The first-order valence-electron chi connectivity index (χ1n) is 7.80. The average molecular weight is 308 g/mol. The molecule has 0 spiro atoms. The third-order valence-corrected chi connectivity index (χ3v) is 4.04. The minimum Gasteiger partial charge on any atom is -0.385 e. The van der Waals surface area contributed by atoms with Gasteiger partial charge in [0, 0.05) is 18.8 Å². The molecule has 1 rings (SSSR count). The molecule has 0 aliphatic rings. The van der Waals surface area contributed by atoms with Crippen molar-refractivity contribution < 1.29 is 4.79 Å². The van der Waals surface area contributed by atoms with Gasteiger partial charge in [-0.15, -0.1) is 0 Å². The Kier molecular flexibility index (Phi) is 8.99. The van der Waals surface area contributed by atoms with Crippen molar-refractivity contribution >= 4 is 23.4 Å². The molecule has 118 valence electrons. The molecular formula is C17H28N2OS. The van der Waals surface area contributed by atoms with Gasteiger partial charge >= 0.3 is 0 Å². The molecule has 0 heterocycles. The fourth-order valence-corrected chi connectivity index (χ4v) is 2.71. The summed E-state index contributed by atoms with van der Waals surface area (Å²) in [4.78, 5) is 12.2. The molecule has 0 aliphatic heterocycles. The average Bonchev–Trinajstić information content (AvgIpc) is 2.46. The lowest BCUT2D eigenvalue weighted by molar-refractivity contribution is 0.0953. The SMILES string of the molecule is CCNc1cc(C)ccc1C(=O)NCCCCCCSC.